The molecular weight excluding hydrogens is 211 g/mol. The second kappa shape index (κ2) is 4.00. The molecule has 0 heterocycles. The fraction of sp³-hybridized carbons (Fsp3) is 0.889. The van der Waals surface area contributed by atoms with Crippen LogP contribution in [0.25, 0.3) is 0 Å². The number of alkyl halides is 3. The molecule has 0 saturated heterocycles. The normalized spacial score (nSPS) is 23.5. The molecule has 2 rings (SSSR count). The first-order valence-electron chi connectivity index (χ1n) is 4.86. The van der Waals surface area contributed by atoms with E-state index in [-0.39, 0.29) is 0 Å². The van der Waals surface area contributed by atoms with Crippen molar-refractivity contribution in [2.45, 2.75) is 44.3 Å². The molecule has 1 spiro atoms. The van der Waals surface area contributed by atoms with Crippen LogP contribution in [0.4, 0.5) is 13.2 Å². The molecule has 0 atom stereocenters. The predicted octanol–water partition coefficient (Wildman–Crippen LogP) is -0.140. The van der Waals surface area contributed by atoms with Gasteiger partial charge in [-0.1, -0.05) is 6.42 Å². The average Bonchev–Trinajstić information content (AvgIpc) is 1.94. The number of hydrogen-bond donors (Lipinski definition) is 1. The Labute approximate surface area is 85.4 Å². The van der Waals surface area contributed by atoms with Crippen molar-refractivity contribution in [3.05, 3.63) is 0 Å². The molecular formula is C9H14F3NO2. The summed E-state index contributed by atoms with van der Waals surface area (Å²) in [6, 6.07) is 0.815. The number of carboxylic acid groups (broad SMARTS) is 1. The third-order valence-electron chi connectivity index (χ3n) is 3.09. The van der Waals surface area contributed by atoms with Crippen LogP contribution in [-0.4, -0.2) is 18.2 Å². The van der Waals surface area contributed by atoms with Crippen LogP contribution in [-0.2, 0) is 4.79 Å². The van der Waals surface area contributed by atoms with Crippen LogP contribution in [0.15, 0.2) is 0 Å². The zero-order valence-electron chi connectivity index (χ0n) is 8.27. The lowest BCUT2D eigenvalue weighted by Crippen LogP contribution is -2.70. The Bertz CT molecular complexity index is 240. The van der Waals surface area contributed by atoms with Crippen LogP contribution < -0.4 is 10.8 Å². The van der Waals surface area contributed by atoms with Gasteiger partial charge in [0, 0.05) is 12.8 Å². The summed E-state index contributed by atoms with van der Waals surface area (Å²) in [7, 11) is 0. The van der Waals surface area contributed by atoms with E-state index in [1.807, 2.05) is 0 Å². The molecule has 0 amide bonds. The van der Waals surface area contributed by atoms with Gasteiger partial charge in [0.25, 0.3) is 0 Å². The Morgan fingerprint density at radius 2 is 1.73 bits per heavy atom. The third-order valence-corrected chi connectivity index (χ3v) is 3.09. The van der Waals surface area contributed by atoms with Crippen LogP contribution in [0, 0.1) is 5.41 Å². The molecule has 6 heteroatoms. The van der Waals surface area contributed by atoms with Crippen molar-refractivity contribution in [3.8, 4) is 0 Å². The lowest BCUT2D eigenvalue weighted by Gasteiger charge is -2.51. The summed E-state index contributed by atoms with van der Waals surface area (Å²) in [5.74, 6) is -3.01. The van der Waals surface area contributed by atoms with E-state index < -0.39 is 12.1 Å². The first kappa shape index (κ1) is 12.3. The zero-order chi connectivity index (χ0) is 11.7. The quantitative estimate of drug-likeness (QED) is 0.623. The van der Waals surface area contributed by atoms with Gasteiger partial charge < -0.3 is 15.6 Å². The summed E-state index contributed by atoms with van der Waals surface area (Å²) in [5.41, 5.74) is 4.87. The minimum atomic E-state index is -5.19. The van der Waals surface area contributed by atoms with Gasteiger partial charge in [-0.15, -0.1) is 0 Å². The Morgan fingerprint density at radius 3 is 1.80 bits per heavy atom. The zero-order valence-corrected chi connectivity index (χ0v) is 8.27. The van der Waals surface area contributed by atoms with Crippen molar-refractivity contribution in [2.24, 2.45) is 5.41 Å². The molecule has 0 aromatic heterocycles. The lowest BCUT2D eigenvalue weighted by atomic mass is 9.54. The molecule has 88 valence electrons. The van der Waals surface area contributed by atoms with E-state index in [0.717, 1.165) is 11.5 Å². The second-order valence-electron chi connectivity index (χ2n) is 4.41. The molecule has 3 nitrogen and oxygen atoms in total. The predicted molar refractivity (Wildman–Crippen MR) is 43.3 cm³/mol. The number of aliphatic carboxylic acids is 1. The summed E-state index contributed by atoms with van der Waals surface area (Å²) in [4.78, 5) is 8.78. The van der Waals surface area contributed by atoms with Crippen LogP contribution >= 0.6 is 0 Å². The van der Waals surface area contributed by atoms with Gasteiger partial charge in [-0.25, -0.2) is 0 Å². The fourth-order valence-corrected chi connectivity index (χ4v) is 2.25. The molecule has 2 aliphatic carbocycles. The smallest absolute Gasteiger partial charge is 0.430 e. The van der Waals surface area contributed by atoms with Gasteiger partial charge in [-0.05, 0) is 18.3 Å². The van der Waals surface area contributed by atoms with Gasteiger partial charge in [0.05, 0.1) is 6.04 Å². The lowest BCUT2D eigenvalue weighted by molar-refractivity contribution is -0.459. The molecule has 2 fully saturated rings. The molecule has 15 heavy (non-hydrogen) atoms. The van der Waals surface area contributed by atoms with Crippen molar-refractivity contribution in [1.82, 2.24) is 0 Å². The van der Waals surface area contributed by atoms with Gasteiger partial charge in [0.15, 0.2) is 0 Å². The topological polar surface area (TPSA) is 67.8 Å². The Hall–Kier alpha value is -0.780. The number of carboxylic acids is 1. The maximum absolute atomic E-state index is 10.5. The van der Waals surface area contributed by atoms with Crippen LogP contribution in [0.1, 0.15) is 32.1 Å². The average molecular weight is 225 g/mol. The third kappa shape index (κ3) is 3.09. The van der Waals surface area contributed by atoms with Gasteiger partial charge in [-0.3, -0.25) is 0 Å². The summed E-state index contributed by atoms with van der Waals surface area (Å²) < 4.78 is 31.5. The van der Waals surface area contributed by atoms with Crippen molar-refractivity contribution >= 4 is 5.97 Å². The number of carbonyl (C=O) groups is 1. The molecule has 0 unspecified atom stereocenters. The van der Waals surface area contributed by atoms with E-state index >= 15 is 0 Å². The van der Waals surface area contributed by atoms with Crippen molar-refractivity contribution in [1.29, 1.82) is 0 Å². The first-order valence-corrected chi connectivity index (χ1v) is 4.86. The monoisotopic (exact) mass is 225 g/mol. The van der Waals surface area contributed by atoms with Crippen molar-refractivity contribution in [3.63, 3.8) is 0 Å². The van der Waals surface area contributed by atoms with Crippen LogP contribution in [0.3, 0.4) is 0 Å². The number of rotatable bonds is 0. The largest absolute Gasteiger partial charge is 0.542 e. The Balaban J connectivity index is 0.000000153. The van der Waals surface area contributed by atoms with E-state index in [1.165, 1.54) is 32.1 Å². The number of halogens is 3. The van der Waals surface area contributed by atoms with E-state index in [2.05, 4.69) is 5.73 Å². The van der Waals surface area contributed by atoms with Gasteiger partial charge in [0.2, 0.25) is 0 Å². The Morgan fingerprint density at radius 1 is 1.33 bits per heavy atom. The molecule has 2 aliphatic rings. The number of quaternary nitrogens is 1. The molecule has 0 bridgehead atoms. The van der Waals surface area contributed by atoms with E-state index in [9.17, 15) is 13.2 Å². The summed E-state index contributed by atoms with van der Waals surface area (Å²) in [5, 5.41) is 8.78. The maximum atomic E-state index is 10.5. The highest BCUT2D eigenvalue weighted by Gasteiger charge is 2.48. The highest BCUT2D eigenvalue weighted by atomic mass is 19.4. The summed E-state index contributed by atoms with van der Waals surface area (Å²) >= 11 is 0. The summed E-state index contributed by atoms with van der Waals surface area (Å²) in [6.45, 7) is 0. The Kier molecular flexibility index (Phi) is 3.28. The second-order valence-corrected chi connectivity index (χ2v) is 4.41. The first-order chi connectivity index (χ1) is 6.75. The SMILES string of the molecule is O=C([O-])C(F)(F)F.[NH3+]C1CC2(CCC2)C1. The number of hydrogen-bond acceptors (Lipinski definition) is 2. The van der Waals surface area contributed by atoms with Gasteiger partial charge in [-0.2, -0.15) is 13.2 Å². The molecule has 0 aromatic carbocycles. The van der Waals surface area contributed by atoms with E-state index in [1.54, 1.807) is 0 Å². The molecule has 3 N–H and O–H groups in total. The van der Waals surface area contributed by atoms with Gasteiger partial charge in [0.1, 0.15) is 5.97 Å². The minimum absolute atomic E-state index is 0.815. The highest BCUT2D eigenvalue weighted by Crippen LogP contribution is 2.54. The standard InChI is InChI=1S/C7H13N.C2HF3O2/c8-6-4-7(5-6)2-1-3-7;3-2(4,5)1(6)7/h6H,1-5,8H2;(H,6,7). The van der Waals surface area contributed by atoms with Crippen LogP contribution in [0.2, 0.25) is 0 Å². The highest BCUT2D eigenvalue weighted by molar-refractivity contribution is 5.70. The number of carbonyl (C=O) groups excluding carboxylic acids is 1. The fourth-order valence-electron chi connectivity index (χ4n) is 2.25. The molecule has 0 aliphatic heterocycles. The van der Waals surface area contributed by atoms with Gasteiger partial charge >= 0.3 is 6.18 Å². The molecule has 0 radical (unpaired) electrons. The minimum Gasteiger partial charge on any atom is -0.542 e. The maximum Gasteiger partial charge on any atom is 0.430 e. The molecule has 0 aromatic rings. The molecule has 2 saturated carbocycles. The van der Waals surface area contributed by atoms with Crippen LogP contribution in [0.5, 0.6) is 0 Å². The summed E-state index contributed by atoms with van der Waals surface area (Å²) in [6.07, 6.45) is 2.20. The van der Waals surface area contributed by atoms with Crippen molar-refractivity contribution in [2.75, 3.05) is 0 Å². The van der Waals surface area contributed by atoms with E-state index in [0.29, 0.717) is 0 Å². The van der Waals surface area contributed by atoms with E-state index in [4.69, 9.17) is 9.90 Å². The van der Waals surface area contributed by atoms with Crippen molar-refractivity contribution < 1.29 is 28.8 Å².